The molecule has 3 saturated heterocycles. The van der Waals surface area contributed by atoms with E-state index in [9.17, 15) is 9.18 Å². The molecule has 2 unspecified atom stereocenters. The molecule has 0 aromatic carbocycles. The number of nitrogens with zero attached hydrogens (tertiary/aromatic N) is 3. The predicted molar refractivity (Wildman–Crippen MR) is 58.0 cm³/mol. The van der Waals surface area contributed by atoms with Crippen molar-refractivity contribution in [2.45, 2.75) is 31.1 Å². The van der Waals surface area contributed by atoms with Gasteiger partial charge >= 0.3 is 6.03 Å². The Labute approximate surface area is 95.0 Å². The third-order valence-corrected chi connectivity index (χ3v) is 3.99. The Hall–Kier alpha value is -0.840. The fourth-order valence-corrected chi connectivity index (χ4v) is 3.17. The second-order valence-electron chi connectivity index (χ2n) is 5.30. The van der Waals surface area contributed by atoms with E-state index in [-0.39, 0.29) is 6.03 Å². The molecule has 0 radical (unpaired) electrons. The molecule has 5 heteroatoms. The quantitative estimate of drug-likeness (QED) is 0.604. The van der Waals surface area contributed by atoms with Crippen LogP contribution in [0.25, 0.3) is 0 Å². The number of carbonyl (C=O) groups is 1. The lowest BCUT2D eigenvalue weighted by Gasteiger charge is -2.44. The third-order valence-electron chi connectivity index (χ3n) is 3.99. The molecule has 0 saturated carbocycles. The van der Waals surface area contributed by atoms with Crippen LogP contribution in [0.15, 0.2) is 0 Å². The number of halogens is 1. The zero-order chi connectivity index (χ0) is 11.3. The lowest BCUT2D eigenvalue weighted by molar-refractivity contribution is 0.0375. The van der Waals surface area contributed by atoms with Crippen molar-refractivity contribution in [3.8, 4) is 0 Å². The van der Waals surface area contributed by atoms with Crippen LogP contribution in [0.3, 0.4) is 0 Å². The van der Waals surface area contributed by atoms with Crippen LogP contribution in [0.2, 0.25) is 0 Å². The summed E-state index contributed by atoms with van der Waals surface area (Å²) in [4.78, 5) is 18.1. The molecule has 90 valence electrons. The molecule has 3 fully saturated rings. The average molecular weight is 227 g/mol. The minimum atomic E-state index is -0.797. The van der Waals surface area contributed by atoms with E-state index < -0.39 is 6.17 Å². The summed E-state index contributed by atoms with van der Waals surface area (Å²) in [5.41, 5.74) is 0. The van der Waals surface area contributed by atoms with Crippen LogP contribution in [0.4, 0.5) is 9.18 Å². The van der Waals surface area contributed by atoms with Crippen molar-refractivity contribution in [2.24, 2.45) is 0 Å². The van der Waals surface area contributed by atoms with Gasteiger partial charge in [0.25, 0.3) is 0 Å². The lowest BCUT2D eigenvalue weighted by Crippen LogP contribution is -2.62. The highest BCUT2D eigenvalue weighted by Crippen LogP contribution is 2.31. The van der Waals surface area contributed by atoms with Crippen LogP contribution >= 0.6 is 0 Å². The normalized spacial score (nSPS) is 35.4. The zero-order valence-electron chi connectivity index (χ0n) is 9.60. The minimum absolute atomic E-state index is 0.0644. The number of alkyl halides is 1. The summed E-state index contributed by atoms with van der Waals surface area (Å²) in [5.74, 6) is 0. The first-order chi connectivity index (χ1) is 7.65. The van der Waals surface area contributed by atoms with Gasteiger partial charge in [0.05, 0.1) is 13.1 Å². The maximum Gasteiger partial charge on any atom is 0.320 e. The SMILES string of the molecule is CN1CC2CCC(C1)N2C(=O)N1CC(F)C1. The van der Waals surface area contributed by atoms with E-state index in [0.717, 1.165) is 25.9 Å². The lowest BCUT2D eigenvalue weighted by atomic mass is 10.1. The molecule has 0 aromatic heterocycles. The fourth-order valence-electron chi connectivity index (χ4n) is 3.17. The molecule has 16 heavy (non-hydrogen) atoms. The summed E-state index contributed by atoms with van der Waals surface area (Å²) in [6.45, 7) is 2.53. The molecule has 0 spiro atoms. The third kappa shape index (κ3) is 1.49. The monoisotopic (exact) mass is 227 g/mol. The van der Waals surface area contributed by atoms with Crippen molar-refractivity contribution in [3.05, 3.63) is 0 Å². The Morgan fingerprint density at radius 1 is 1.12 bits per heavy atom. The fraction of sp³-hybridized carbons (Fsp3) is 0.909. The molecule has 3 aliphatic rings. The Morgan fingerprint density at radius 3 is 2.19 bits per heavy atom. The number of amides is 2. The van der Waals surface area contributed by atoms with Gasteiger partial charge in [0.1, 0.15) is 6.17 Å². The molecule has 2 atom stereocenters. The van der Waals surface area contributed by atoms with Gasteiger partial charge in [0.2, 0.25) is 0 Å². The van der Waals surface area contributed by atoms with Crippen LogP contribution in [0.5, 0.6) is 0 Å². The van der Waals surface area contributed by atoms with Crippen molar-refractivity contribution in [2.75, 3.05) is 33.2 Å². The number of likely N-dealkylation sites (tertiary alicyclic amines) is 2. The molecule has 0 N–H and O–H groups in total. The molecule has 2 amide bonds. The van der Waals surface area contributed by atoms with Gasteiger partial charge in [-0.05, 0) is 19.9 Å². The largest absolute Gasteiger partial charge is 0.320 e. The highest BCUT2D eigenvalue weighted by molar-refractivity contribution is 5.76. The van der Waals surface area contributed by atoms with Crippen LogP contribution in [-0.4, -0.2) is 72.2 Å². The number of hydrogen-bond donors (Lipinski definition) is 0. The molecule has 3 rings (SSSR count). The summed E-state index contributed by atoms with van der Waals surface area (Å²) in [6.07, 6.45) is 1.41. The van der Waals surface area contributed by atoms with Gasteiger partial charge < -0.3 is 14.7 Å². The topological polar surface area (TPSA) is 26.8 Å². The number of likely N-dealkylation sites (N-methyl/N-ethyl adjacent to an activating group) is 1. The first-order valence-electron chi connectivity index (χ1n) is 6.05. The number of hydrogen-bond acceptors (Lipinski definition) is 2. The molecule has 4 nitrogen and oxygen atoms in total. The summed E-state index contributed by atoms with van der Waals surface area (Å²) >= 11 is 0. The second kappa shape index (κ2) is 3.58. The Kier molecular flexibility index (Phi) is 2.31. The average Bonchev–Trinajstić information content (AvgIpc) is 2.46. The van der Waals surface area contributed by atoms with E-state index >= 15 is 0 Å². The Morgan fingerprint density at radius 2 is 1.69 bits per heavy atom. The Balaban J connectivity index is 1.69. The van der Waals surface area contributed by atoms with Gasteiger partial charge in [-0.3, -0.25) is 0 Å². The smallest absolute Gasteiger partial charge is 0.319 e. The van der Waals surface area contributed by atoms with E-state index in [1.807, 2.05) is 4.90 Å². The standard InChI is InChI=1S/C11H18FN3O/c1-13-6-9-2-3-10(7-13)15(9)11(16)14-4-8(12)5-14/h8-10H,2-7H2,1H3. The molecule has 3 heterocycles. The number of carbonyl (C=O) groups excluding carboxylic acids is 1. The number of fused-ring (bicyclic) bond motifs is 2. The van der Waals surface area contributed by atoms with Gasteiger partial charge in [0, 0.05) is 25.2 Å². The van der Waals surface area contributed by atoms with Crippen molar-refractivity contribution in [3.63, 3.8) is 0 Å². The number of piperazine rings is 1. The maximum absolute atomic E-state index is 12.7. The summed E-state index contributed by atoms with van der Waals surface area (Å²) < 4.78 is 12.7. The van der Waals surface area contributed by atoms with Gasteiger partial charge in [-0.2, -0.15) is 0 Å². The highest BCUT2D eigenvalue weighted by atomic mass is 19.1. The van der Waals surface area contributed by atoms with E-state index in [2.05, 4.69) is 11.9 Å². The van der Waals surface area contributed by atoms with Crippen molar-refractivity contribution >= 4 is 6.03 Å². The maximum atomic E-state index is 12.7. The van der Waals surface area contributed by atoms with Crippen LogP contribution in [0, 0.1) is 0 Å². The molecule has 0 aliphatic carbocycles. The first kappa shape index (κ1) is 10.3. The van der Waals surface area contributed by atoms with Crippen molar-refractivity contribution in [1.29, 1.82) is 0 Å². The highest BCUT2D eigenvalue weighted by Gasteiger charge is 2.45. The molecule has 2 bridgehead atoms. The van der Waals surface area contributed by atoms with Gasteiger partial charge in [-0.15, -0.1) is 0 Å². The van der Waals surface area contributed by atoms with Crippen molar-refractivity contribution < 1.29 is 9.18 Å². The molecule has 3 aliphatic heterocycles. The van der Waals surface area contributed by atoms with E-state index in [1.165, 1.54) is 0 Å². The van der Waals surface area contributed by atoms with Gasteiger partial charge in [-0.1, -0.05) is 0 Å². The van der Waals surface area contributed by atoms with Crippen LogP contribution < -0.4 is 0 Å². The molecule has 0 aromatic rings. The first-order valence-corrected chi connectivity index (χ1v) is 6.05. The second-order valence-corrected chi connectivity index (χ2v) is 5.30. The number of rotatable bonds is 0. The van der Waals surface area contributed by atoms with Crippen LogP contribution in [-0.2, 0) is 0 Å². The van der Waals surface area contributed by atoms with Gasteiger partial charge in [-0.25, -0.2) is 9.18 Å². The van der Waals surface area contributed by atoms with E-state index in [0.29, 0.717) is 25.2 Å². The summed E-state index contributed by atoms with van der Waals surface area (Å²) in [7, 11) is 2.11. The summed E-state index contributed by atoms with van der Waals surface area (Å²) in [5, 5.41) is 0. The summed E-state index contributed by atoms with van der Waals surface area (Å²) in [6, 6.07) is 0.777. The van der Waals surface area contributed by atoms with Crippen LogP contribution in [0.1, 0.15) is 12.8 Å². The zero-order valence-corrected chi connectivity index (χ0v) is 9.60. The Bertz CT molecular complexity index is 292. The van der Waals surface area contributed by atoms with Crippen molar-refractivity contribution in [1.82, 2.24) is 14.7 Å². The van der Waals surface area contributed by atoms with E-state index in [1.54, 1.807) is 4.90 Å². The predicted octanol–water partition coefficient (Wildman–Crippen LogP) is 0.538. The number of urea groups is 1. The molecular weight excluding hydrogens is 209 g/mol. The minimum Gasteiger partial charge on any atom is -0.319 e. The van der Waals surface area contributed by atoms with E-state index in [4.69, 9.17) is 0 Å². The molecular formula is C11H18FN3O. The van der Waals surface area contributed by atoms with Gasteiger partial charge in [0.15, 0.2) is 0 Å².